The Morgan fingerprint density at radius 2 is 2.04 bits per heavy atom. The molecule has 1 aromatic carbocycles. The molecule has 4 rings (SSSR count). The van der Waals surface area contributed by atoms with Gasteiger partial charge in [0.05, 0.1) is 11.6 Å². The molecule has 0 spiro atoms. The molecule has 0 radical (unpaired) electrons. The zero-order valence-electron chi connectivity index (χ0n) is 14.8. The summed E-state index contributed by atoms with van der Waals surface area (Å²) in [7, 11) is 0. The molecule has 1 saturated carbocycles. The number of carbonyl (C=O) groups excluding carboxylic acids is 1. The summed E-state index contributed by atoms with van der Waals surface area (Å²) in [5.41, 5.74) is 1.48. The Hall–Kier alpha value is -2.27. The number of aromatic nitrogens is 1. The van der Waals surface area contributed by atoms with Crippen molar-refractivity contribution in [3.8, 4) is 0 Å². The van der Waals surface area contributed by atoms with E-state index in [0.717, 1.165) is 21.8 Å². The van der Waals surface area contributed by atoms with Crippen LogP contribution >= 0.6 is 11.8 Å². The van der Waals surface area contributed by atoms with Gasteiger partial charge in [-0.15, -0.1) is 11.8 Å². The van der Waals surface area contributed by atoms with Gasteiger partial charge < -0.3 is 9.73 Å². The Morgan fingerprint density at radius 1 is 1.23 bits per heavy atom. The summed E-state index contributed by atoms with van der Waals surface area (Å²) in [6, 6.07) is 13.3. The van der Waals surface area contributed by atoms with E-state index in [2.05, 4.69) is 10.3 Å². The lowest BCUT2D eigenvalue weighted by atomic mass is 10.2. The van der Waals surface area contributed by atoms with Crippen molar-refractivity contribution in [1.29, 1.82) is 0 Å². The first-order chi connectivity index (χ1) is 12.7. The quantitative estimate of drug-likeness (QED) is 0.661. The third-order valence-corrected chi connectivity index (χ3v) is 6.17. The molecule has 0 aliphatic heterocycles. The highest BCUT2D eigenvalue weighted by Gasteiger charge is 2.22. The van der Waals surface area contributed by atoms with Crippen LogP contribution in [0.15, 0.2) is 58.1 Å². The normalized spacial score (nSPS) is 16.0. The summed E-state index contributed by atoms with van der Waals surface area (Å²) < 4.78 is 5.87. The van der Waals surface area contributed by atoms with Crippen LogP contribution in [0.1, 0.15) is 54.8 Å². The molecule has 1 N–H and O–H groups in total. The summed E-state index contributed by atoms with van der Waals surface area (Å²) >= 11 is 1.74. The first-order valence-electron chi connectivity index (χ1n) is 9.12. The topological polar surface area (TPSA) is 55.1 Å². The van der Waals surface area contributed by atoms with Crippen LogP contribution in [0, 0.1) is 0 Å². The molecule has 2 aromatic heterocycles. The summed E-state index contributed by atoms with van der Waals surface area (Å²) in [6.45, 7) is 1.94. The largest absolute Gasteiger partial charge is 0.459 e. The second kappa shape index (κ2) is 7.54. The highest BCUT2D eigenvalue weighted by Crippen LogP contribution is 2.35. The lowest BCUT2D eigenvalue weighted by Gasteiger charge is -2.15. The molecule has 2 heterocycles. The van der Waals surface area contributed by atoms with E-state index in [0.29, 0.717) is 10.8 Å². The predicted molar refractivity (Wildman–Crippen MR) is 104 cm³/mol. The van der Waals surface area contributed by atoms with Crippen molar-refractivity contribution in [2.45, 2.75) is 48.9 Å². The van der Waals surface area contributed by atoms with Gasteiger partial charge in [0.15, 0.2) is 0 Å². The maximum atomic E-state index is 12.8. The number of nitrogens with one attached hydrogen (secondary N) is 1. The number of furan rings is 1. The lowest BCUT2D eigenvalue weighted by molar-refractivity contribution is 0.0932. The van der Waals surface area contributed by atoms with E-state index in [1.165, 1.54) is 25.7 Å². The van der Waals surface area contributed by atoms with E-state index in [1.54, 1.807) is 18.0 Å². The molecule has 1 unspecified atom stereocenters. The second-order valence-corrected chi connectivity index (χ2v) is 8.05. The summed E-state index contributed by atoms with van der Waals surface area (Å²) in [5, 5.41) is 5.50. The van der Waals surface area contributed by atoms with Gasteiger partial charge in [-0.1, -0.05) is 31.0 Å². The van der Waals surface area contributed by atoms with Crippen LogP contribution in [-0.4, -0.2) is 16.1 Å². The first kappa shape index (κ1) is 17.2. The summed E-state index contributed by atoms with van der Waals surface area (Å²) in [5.74, 6) is 0.653. The predicted octanol–water partition coefficient (Wildman–Crippen LogP) is 5.35. The van der Waals surface area contributed by atoms with Crippen molar-refractivity contribution in [2.24, 2.45) is 0 Å². The number of rotatable bonds is 5. The number of hydrogen-bond acceptors (Lipinski definition) is 4. The molecule has 3 aromatic rings. The van der Waals surface area contributed by atoms with Crippen molar-refractivity contribution < 1.29 is 9.21 Å². The average Bonchev–Trinajstić information content (AvgIpc) is 3.31. The Morgan fingerprint density at radius 3 is 2.85 bits per heavy atom. The standard InChI is InChI=1S/C21H22N2O2S/c1-14(19-13-15-7-2-5-11-18(15)25-19)23-20(24)17-10-6-12-22-21(17)26-16-8-3-4-9-16/h2,5-7,10-14,16H,3-4,8-9H2,1H3,(H,23,24). The van der Waals surface area contributed by atoms with Gasteiger partial charge in [0.1, 0.15) is 16.4 Å². The Balaban J connectivity index is 1.50. The number of thioether (sulfide) groups is 1. The van der Waals surface area contributed by atoms with E-state index < -0.39 is 0 Å². The number of carbonyl (C=O) groups is 1. The monoisotopic (exact) mass is 366 g/mol. The number of nitrogens with zero attached hydrogens (tertiary/aromatic N) is 1. The molecule has 4 nitrogen and oxygen atoms in total. The van der Waals surface area contributed by atoms with Crippen LogP contribution in [0.2, 0.25) is 0 Å². The first-order valence-corrected chi connectivity index (χ1v) is 9.99. The van der Waals surface area contributed by atoms with Gasteiger partial charge in [-0.3, -0.25) is 4.79 Å². The zero-order chi connectivity index (χ0) is 17.9. The molecular weight excluding hydrogens is 344 g/mol. The molecule has 1 aliphatic rings. The van der Waals surface area contributed by atoms with Crippen LogP contribution < -0.4 is 5.32 Å². The highest BCUT2D eigenvalue weighted by atomic mass is 32.2. The Labute approximate surface area is 157 Å². The number of pyridine rings is 1. The fraction of sp³-hybridized carbons (Fsp3) is 0.333. The molecule has 1 fully saturated rings. The van der Waals surface area contributed by atoms with E-state index in [-0.39, 0.29) is 11.9 Å². The average molecular weight is 366 g/mol. The van der Waals surface area contributed by atoms with E-state index in [9.17, 15) is 4.79 Å². The van der Waals surface area contributed by atoms with Crippen molar-refractivity contribution in [3.63, 3.8) is 0 Å². The minimum atomic E-state index is -0.209. The maximum Gasteiger partial charge on any atom is 0.254 e. The van der Waals surface area contributed by atoms with Crippen molar-refractivity contribution in [2.75, 3.05) is 0 Å². The number of hydrogen-bond donors (Lipinski definition) is 1. The molecule has 1 atom stereocenters. The van der Waals surface area contributed by atoms with Crippen LogP contribution in [0.5, 0.6) is 0 Å². The van der Waals surface area contributed by atoms with Gasteiger partial charge >= 0.3 is 0 Å². The van der Waals surface area contributed by atoms with Crippen molar-refractivity contribution in [1.82, 2.24) is 10.3 Å². The van der Waals surface area contributed by atoms with E-state index in [4.69, 9.17) is 4.42 Å². The number of amides is 1. The molecule has 1 aliphatic carbocycles. The van der Waals surface area contributed by atoms with Crippen molar-refractivity contribution in [3.05, 3.63) is 60.0 Å². The van der Waals surface area contributed by atoms with Crippen LogP contribution in [0.3, 0.4) is 0 Å². The molecular formula is C21H22N2O2S. The van der Waals surface area contributed by atoms with Gasteiger partial charge in [-0.05, 0) is 44.0 Å². The van der Waals surface area contributed by atoms with E-state index in [1.807, 2.05) is 49.4 Å². The highest BCUT2D eigenvalue weighted by molar-refractivity contribution is 7.99. The fourth-order valence-corrected chi connectivity index (χ4v) is 4.68. The molecule has 0 bridgehead atoms. The van der Waals surface area contributed by atoms with Crippen LogP contribution in [0.25, 0.3) is 11.0 Å². The number of fused-ring (bicyclic) bond motifs is 1. The smallest absolute Gasteiger partial charge is 0.254 e. The third-order valence-electron chi connectivity index (χ3n) is 4.82. The molecule has 1 amide bonds. The Bertz CT molecular complexity index is 882. The van der Waals surface area contributed by atoms with Gasteiger partial charge in [-0.2, -0.15) is 0 Å². The minimum Gasteiger partial charge on any atom is -0.459 e. The number of benzene rings is 1. The van der Waals surface area contributed by atoms with Crippen molar-refractivity contribution >= 4 is 28.6 Å². The number of para-hydroxylation sites is 1. The lowest BCUT2D eigenvalue weighted by Crippen LogP contribution is -2.27. The second-order valence-electron chi connectivity index (χ2n) is 6.76. The minimum absolute atomic E-state index is 0.105. The fourth-order valence-electron chi connectivity index (χ4n) is 3.38. The molecule has 26 heavy (non-hydrogen) atoms. The SMILES string of the molecule is CC(NC(=O)c1cccnc1SC1CCCC1)c1cc2ccccc2o1. The maximum absolute atomic E-state index is 12.8. The molecule has 0 saturated heterocycles. The Kier molecular flexibility index (Phi) is 4.98. The van der Waals surface area contributed by atoms with Crippen LogP contribution in [0.4, 0.5) is 0 Å². The van der Waals surface area contributed by atoms with Gasteiger partial charge in [-0.25, -0.2) is 4.98 Å². The molecule has 134 valence electrons. The van der Waals surface area contributed by atoms with Gasteiger partial charge in [0.2, 0.25) is 0 Å². The van der Waals surface area contributed by atoms with Crippen LogP contribution in [-0.2, 0) is 0 Å². The third kappa shape index (κ3) is 3.63. The summed E-state index contributed by atoms with van der Waals surface area (Å²) in [4.78, 5) is 17.3. The van der Waals surface area contributed by atoms with Gasteiger partial charge in [0, 0.05) is 16.8 Å². The summed E-state index contributed by atoms with van der Waals surface area (Å²) in [6.07, 6.45) is 6.72. The molecule has 5 heteroatoms. The van der Waals surface area contributed by atoms with E-state index >= 15 is 0 Å². The zero-order valence-corrected chi connectivity index (χ0v) is 15.6. The van der Waals surface area contributed by atoms with Gasteiger partial charge in [0.25, 0.3) is 5.91 Å².